The van der Waals surface area contributed by atoms with Crippen LogP contribution in [0, 0.1) is 0 Å². The monoisotopic (exact) mass is 412 g/mol. The van der Waals surface area contributed by atoms with Crippen LogP contribution in [0.1, 0.15) is 32.3 Å². The first-order valence-corrected chi connectivity index (χ1v) is 9.66. The molecular formula is C16H21BrN4O2S. The largest absolute Gasteiger partial charge is 0.492 e. The van der Waals surface area contributed by atoms with E-state index in [0.717, 1.165) is 22.4 Å². The summed E-state index contributed by atoms with van der Waals surface area (Å²) in [7, 11) is 0. The number of thioether (sulfide) groups is 1. The third kappa shape index (κ3) is 5.83. The van der Waals surface area contributed by atoms with E-state index in [4.69, 9.17) is 4.74 Å². The lowest BCUT2D eigenvalue weighted by Crippen LogP contribution is -2.13. The molecule has 1 aromatic heterocycles. The molecule has 0 saturated carbocycles. The molecular weight excluding hydrogens is 392 g/mol. The van der Waals surface area contributed by atoms with Crippen molar-refractivity contribution in [3.63, 3.8) is 0 Å². The van der Waals surface area contributed by atoms with Crippen LogP contribution in [0.2, 0.25) is 0 Å². The van der Waals surface area contributed by atoms with Crippen LogP contribution in [0.3, 0.4) is 0 Å². The van der Waals surface area contributed by atoms with Gasteiger partial charge in [0.05, 0.1) is 11.1 Å². The highest BCUT2D eigenvalue weighted by atomic mass is 79.9. The summed E-state index contributed by atoms with van der Waals surface area (Å²) in [6, 6.07) is 6.05. The maximum Gasteiger partial charge on any atom is 0.226 e. The van der Waals surface area contributed by atoms with Gasteiger partial charge >= 0.3 is 0 Å². The Balaban J connectivity index is 1.70. The number of amides is 1. The number of aromatic amines is 1. The molecule has 2 aromatic rings. The van der Waals surface area contributed by atoms with Crippen molar-refractivity contribution >= 4 is 39.5 Å². The smallest absolute Gasteiger partial charge is 0.226 e. The summed E-state index contributed by atoms with van der Waals surface area (Å²) in [6.45, 7) is 4.61. The van der Waals surface area contributed by atoms with Gasteiger partial charge in [-0.2, -0.15) is 4.98 Å². The van der Waals surface area contributed by atoms with Crippen LogP contribution in [0.25, 0.3) is 0 Å². The third-order valence-corrected chi connectivity index (χ3v) is 4.56. The molecule has 0 radical (unpaired) electrons. The van der Waals surface area contributed by atoms with Crippen molar-refractivity contribution in [2.24, 2.45) is 0 Å². The van der Waals surface area contributed by atoms with E-state index < -0.39 is 0 Å². The second-order valence-electron chi connectivity index (χ2n) is 5.02. The molecule has 1 amide bonds. The zero-order valence-electron chi connectivity index (χ0n) is 13.8. The van der Waals surface area contributed by atoms with Gasteiger partial charge in [0.1, 0.15) is 5.75 Å². The first-order valence-electron chi connectivity index (χ1n) is 7.88. The number of nitrogens with zero attached hydrogens (tertiary/aromatic N) is 2. The van der Waals surface area contributed by atoms with Crippen LogP contribution in [0.4, 0.5) is 5.95 Å². The van der Waals surface area contributed by atoms with Crippen molar-refractivity contribution < 1.29 is 9.53 Å². The molecule has 0 unspecified atom stereocenters. The number of carbonyl (C=O) groups excluding carboxylic acids is 1. The minimum atomic E-state index is -0.108. The van der Waals surface area contributed by atoms with E-state index in [0.29, 0.717) is 30.6 Å². The molecule has 8 heteroatoms. The molecule has 2 rings (SSSR count). The lowest BCUT2D eigenvalue weighted by Gasteiger charge is -2.09. The Kier molecular flexibility index (Phi) is 7.58. The Bertz CT molecular complexity index is 678. The van der Waals surface area contributed by atoms with Gasteiger partial charge in [-0.1, -0.05) is 31.7 Å². The third-order valence-electron chi connectivity index (χ3n) is 3.21. The van der Waals surface area contributed by atoms with Gasteiger partial charge in [0.2, 0.25) is 17.0 Å². The first kappa shape index (κ1) is 18.8. The number of hydrogen-bond donors (Lipinski definition) is 2. The Labute approximate surface area is 154 Å². The van der Waals surface area contributed by atoms with E-state index in [1.165, 1.54) is 17.3 Å². The van der Waals surface area contributed by atoms with E-state index in [1.54, 1.807) is 0 Å². The molecule has 0 fully saturated rings. The van der Waals surface area contributed by atoms with Crippen LogP contribution in [-0.4, -0.2) is 33.4 Å². The molecule has 0 aliphatic carbocycles. The highest BCUT2D eigenvalue weighted by Crippen LogP contribution is 2.26. The second kappa shape index (κ2) is 9.68. The van der Waals surface area contributed by atoms with E-state index in [-0.39, 0.29) is 5.91 Å². The van der Waals surface area contributed by atoms with Gasteiger partial charge in [0.15, 0.2) is 0 Å². The SMILES string of the molecule is CCSc1n[nH]c(NC(=O)CCCOc2ccc(CC)cc2Br)n1. The van der Waals surface area contributed by atoms with Gasteiger partial charge in [0.25, 0.3) is 0 Å². The number of halogens is 1. The van der Waals surface area contributed by atoms with E-state index >= 15 is 0 Å². The number of anilines is 1. The Morgan fingerprint density at radius 3 is 2.96 bits per heavy atom. The summed E-state index contributed by atoms with van der Waals surface area (Å²) in [5.41, 5.74) is 1.25. The molecule has 1 heterocycles. The fourth-order valence-corrected chi connectivity index (χ4v) is 3.05. The van der Waals surface area contributed by atoms with Crippen LogP contribution in [0.15, 0.2) is 27.8 Å². The summed E-state index contributed by atoms with van der Waals surface area (Å²) < 4.78 is 6.65. The van der Waals surface area contributed by atoms with Gasteiger partial charge < -0.3 is 4.74 Å². The Morgan fingerprint density at radius 2 is 2.25 bits per heavy atom. The predicted octanol–water partition coefficient (Wildman–Crippen LogP) is 4.04. The summed E-state index contributed by atoms with van der Waals surface area (Å²) in [4.78, 5) is 16.0. The van der Waals surface area contributed by atoms with Crippen LogP contribution in [0.5, 0.6) is 5.75 Å². The van der Waals surface area contributed by atoms with Crippen molar-refractivity contribution in [3.05, 3.63) is 28.2 Å². The highest BCUT2D eigenvalue weighted by Gasteiger charge is 2.08. The van der Waals surface area contributed by atoms with Gasteiger partial charge in [-0.3, -0.25) is 10.1 Å². The van der Waals surface area contributed by atoms with Crippen molar-refractivity contribution in [1.82, 2.24) is 15.2 Å². The summed E-state index contributed by atoms with van der Waals surface area (Å²) in [5, 5.41) is 10.0. The van der Waals surface area contributed by atoms with Crippen LogP contribution >= 0.6 is 27.7 Å². The minimum Gasteiger partial charge on any atom is -0.492 e. The molecule has 0 aliphatic heterocycles. The maximum absolute atomic E-state index is 11.9. The average Bonchev–Trinajstić information content (AvgIpc) is 3.00. The fraction of sp³-hybridized carbons (Fsp3) is 0.438. The van der Waals surface area contributed by atoms with Crippen molar-refractivity contribution in [1.29, 1.82) is 0 Å². The lowest BCUT2D eigenvalue weighted by molar-refractivity contribution is -0.116. The van der Waals surface area contributed by atoms with Gasteiger partial charge in [-0.15, -0.1) is 5.10 Å². The number of ether oxygens (including phenoxy) is 1. The molecule has 24 heavy (non-hydrogen) atoms. The number of rotatable bonds is 9. The summed E-state index contributed by atoms with van der Waals surface area (Å²) in [5.74, 6) is 1.96. The van der Waals surface area contributed by atoms with Crippen molar-refractivity contribution in [3.8, 4) is 5.75 Å². The average molecular weight is 413 g/mol. The van der Waals surface area contributed by atoms with E-state index in [2.05, 4.69) is 49.4 Å². The maximum atomic E-state index is 11.9. The van der Waals surface area contributed by atoms with E-state index in [1.807, 2.05) is 19.1 Å². The highest BCUT2D eigenvalue weighted by molar-refractivity contribution is 9.10. The number of hydrogen-bond acceptors (Lipinski definition) is 5. The molecule has 1 aromatic carbocycles. The fourth-order valence-electron chi connectivity index (χ4n) is 1.99. The molecule has 0 spiro atoms. The predicted molar refractivity (Wildman–Crippen MR) is 99.7 cm³/mol. The van der Waals surface area contributed by atoms with Gasteiger partial charge in [-0.25, -0.2) is 5.10 Å². The quantitative estimate of drug-likeness (QED) is 0.479. The summed E-state index contributed by atoms with van der Waals surface area (Å²) in [6.07, 6.45) is 1.97. The molecule has 0 atom stereocenters. The normalized spacial score (nSPS) is 10.6. The Morgan fingerprint density at radius 1 is 1.42 bits per heavy atom. The van der Waals surface area contributed by atoms with E-state index in [9.17, 15) is 4.79 Å². The Hall–Kier alpha value is -1.54. The zero-order chi connectivity index (χ0) is 17.4. The number of carbonyl (C=O) groups is 1. The van der Waals surface area contributed by atoms with Gasteiger partial charge in [-0.05, 0) is 52.2 Å². The minimum absolute atomic E-state index is 0.108. The molecule has 6 nitrogen and oxygen atoms in total. The van der Waals surface area contributed by atoms with Crippen LogP contribution in [-0.2, 0) is 11.2 Å². The summed E-state index contributed by atoms with van der Waals surface area (Å²) >= 11 is 5.02. The molecule has 0 bridgehead atoms. The molecule has 0 aliphatic rings. The lowest BCUT2D eigenvalue weighted by atomic mass is 10.2. The van der Waals surface area contributed by atoms with Crippen molar-refractivity contribution in [2.45, 2.75) is 38.3 Å². The molecule has 130 valence electrons. The first-order chi connectivity index (χ1) is 11.6. The number of benzene rings is 1. The topological polar surface area (TPSA) is 79.9 Å². The van der Waals surface area contributed by atoms with Crippen molar-refractivity contribution in [2.75, 3.05) is 17.7 Å². The number of aromatic nitrogens is 3. The number of H-pyrrole nitrogens is 1. The number of nitrogens with one attached hydrogen (secondary N) is 2. The number of aryl methyl sites for hydroxylation is 1. The molecule has 2 N–H and O–H groups in total. The van der Waals surface area contributed by atoms with Crippen LogP contribution < -0.4 is 10.1 Å². The second-order valence-corrected chi connectivity index (χ2v) is 7.10. The van der Waals surface area contributed by atoms with Gasteiger partial charge in [0, 0.05) is 6.42 Å². The standard InChI is InChI=1S/C16H21BrN4O2S/c1-3-11-7-8-13(12(17)10-11)23-9-5-6-14(22)18-15-19-16(21-20-15)24-4-2/h7-8,10H,3-6,9H2,1-2H3,(H2,18,19,20,21,22). The molecule has 0 saturated heterocycles. The zero-order valence-corrected chi connectivity index (χ0v) is 16.2.